The molecule has 0 fully saturated rings. The average Bonchev–Trinajstić information content (AvgIpc) is 2.73. The van der Waals surface area contributed by atoms with Crippen LogP contribution in [0.25, 0.3) is 11.0 Å². The SMILES string of the molecule is C=CCCCCn1c(C=O)cc2cccnc21. The fraction of sp³-hybridized carbons (Fsp3) is 0.286. The molecule has 0 saturated carbocycles. The summed E-state index contributed by atoms with van der Waals surface area (Å²) in [7, 11) is 0. The van der Waals surface area contributed by atoms with Crippen molar-refractivity contribution in [2.24, 2.45) is 0 Å². The second kappa shape index (κ2) is 5.43. The Morgan fingerprint density at radius 1 is 1.41 bits per heavy atom. The monoisotopic (exact) mass is 228 g/mol. The van der Waals surface area contributed by atoms with Crippen LogP contribution in [-0.2, 0) is 6.54 Å². The summed E-state index contributed by atoms with van der Waals surface area (Å²) in [6.07, 6.45) is 7.73. The number of aryl methyl sites for hydroxylation is 1. The number of carbonyl (C=O) groups is 1. The Morgan fingerprint density at radius 2 is 2.29 bits per heavy atom. The number of hydrogen-bond acceptors (Lipinski definition) is 2. The number of fused-ring (bicyclic) bond motifs is 1. The minimum Gasteiger partial charge on any atom is -0.323 e. The molecule has 0 aliphatic heterocycles. The summed E-state index contributed by atoms with van der Waals surface area (Å²) >= 11 is 0. The fourth-order valence-electron chi connectivity index (χ4n) is 2.00. The third-order valence-corrected chi connectivity index (χ3v) is 2.85. The molecule has 0 atom stereocenters. The van der Waals surface area contributed by atoms with Gasteiger partial charge < -0.3 is 4.57 Å². The number of aromatic nitrogens is 2. The Labute approximate surface area is 101 Å². The molecule has 0 saturated heterocycles. The quantitative estimate of drug-likeness (QED) is 0.432. The van der Waals surface area contributed by atoms with Gasteiger partial charge in [0.15, 0.2) is 6.29 Å². The summed E-state index contributed by atoms with van der Waals surface area (Å²) in [6.45, 7) is 4.54. The molecule has 0 N–H and O–H groups in total. The lowest BCUT2D eigenvalue weighted by molar-refractivity contribution is 0.111. The average molecular weight is 228 g/mol. The molecular formula is C14H16N2O. The van der Waals surface area contributed by atoms with Crippen molar-refractivity contribution >= 4 is 17.3 Å². The van der Waals surface area contributed by atoms with Gasteiger partial charge in [-0.05, 0) is 37.5 Å². The molecule has 2 aromatic rings. The number of nitrogens with zero attached hydrogens (tertiary/aromatic N) is 2. The highest BCUT2D eigenvalue weighted by molar-refractivity contribution is 5.86. The summed E-state index contributed by atoms with van der Waals surface area (Å²) in [5.74, 6) is 0. The maximum Gasteiger partial charge on any atom is 0.166 e. The highest BCUT2D eigenvalue weighted by Gasteiger charge is 2.07. The summed E-state index contributed by atoms with van der Waals surface area (Å²) < 4.78 is 1.99. The van der Waals surface area contributed by atoms with Crippen LogP contribution in [-0.4, -0.2) is 15.8 Å². The van der Waals surface area contributed by atoms with Crippen LogP contribution in [0.4, 0.5) is 0 Å². The van der Waals surface area contributed by atoms with Gasteiger partial charge in [0.05, 0.1) is 5.69 Å². The van der Waals surface area contributed by atoms with Crippen molar-refractivity contribution in [3.8, 4) is 0 Å². The number of rotatable bonds is 6. The zero-order valence-corrected chi connectivity index (χ0v) is 9.80. The number of aldehydes is 1. The van der Waals surface area contributed by atoms with Gasteiger partial charge in [-0.25, -0.2) is 4.98 Å². The normalized spacial score (nSPS) is 10.6. The maximum atomic E-state index is 11.0. The molecular weight excluding hydrogens is 212 g/mol. The molecule has 0 radical (unpaired) electrons. The highest BCUT2D eigenvalue weighted by Crippen LogP contribution is 2.17. The lowest BCUT2D eigenvalue weighted by Crippen LogP contribution is -2.03. The molecule has 3 nitrogen and oxygen atoms in total. The molecule has 17 heavy (non-hydrogen) atoms. The Morgan fingerprint density at radius 3 is 3.06 bits per heavy atom. The third-order valence-electron chi connectivity index (χ3n) is 2.85. The second-order valence-corrected chi connectivity index (χ2v) is 4.04. The van der Waals surface area contributed by atoms with E-state index in [9.17, 15) is 4.79 Å². The van der Waals surface area contributed by atoms with Gasteiger partial charge >= 0.3 is 0 Å². The molecule has 2 heterocycles. The molecule has 0 spiro atoms. The van der Waals surface area contributed by atoms with Gasteiger partial charge in [-0.2, -0.15) is 0 Å². The van der Waals surface area contributed by atoms with E-state index < -0.39 is 0 Å². The summed E-state index contributed by atoms with van der Waals surface area (Å²) in [5, 5.41) is 1.03. The maximum absolute atomic E-state index is 11.0. The van der Waals surface area contributed by atoms with Crippen molar-refractivity contribution in [1.82, 2.24) is 9.55 Å². The van der Waals surface area contributed by atoms with Crippen molar-refractivity contribution in [2.45, 2.75) is 25.8 Å². The summed E-state index contributed by atoms with van der Waals surface area (Å²) in [4.78, 5) is 15.4. The Kier molecular flexibility index (Phi) is 3.70. The van der Waals surface area contributed by atoms with Crippen LogP contribution < -0.4 is 0 Å². The molecule has 0 unspecified atom stereocenters. The first-order chi connectivity index (χ1) is 8.36. The van der Waals surface area contributed by atoms with E-state index >= 15 is 0 Å². The molecule has 2 aromatic heterocycles. The van der Waals surface area contributed by atoms with E-state index in [0.29, 0.717) is 5.69 Å². The minimum atomic E-state index is 0.706. The molecule has 0 aliphatic rings. The van der Waals surface area contributed by atoms with E-state index in [0.717, 1.165) is 43.1 Å². The standard InChI is InChI=1S/C14H16N2O/c1-2-3-4-5-9-16-13(11-17)10-12-7-6-8-15-14(12)16/h2,6-8,10-11H,1,3-5,9H2. The van der Waals surface area contributed by atoms with E-state index in [1.807, 2.05) is 28.8 Å². The van der Waals surface area contributed by atoms with E-state index in [4.69, 9.17) is 0 Å². The van der Waals surface area contributed by atoms with Crippen LogP contribution in [0.5, 0.6) is 0 Å². The number of unbranched alkanes of at least 4 members (excludes halogenated alkanes) is 2. The lowest BCUT2D eigenvalue weighted by atomic mass is 10.2. The van der Waals surface area contributed by atoms with Crippen molar-refractivity contribution < 1.29 is 4.79 Å². The molecule has 0 aromatic carbocycles. The second-order valence-electron chi connectivity index (χ2n) is 4.04. The van der Waals surface area contributed by atoms with Crippen molar-refractivity contribution in [3.63, 3.8) is 0 Å². The van der Waals surface area contributed by atoms with Crippen LogP contribution in [0.2, 0.25) is 0 Å². The first-order valence-electron chi connectivity index (χ1n) is 5.87. The zero-order valence-electron chi connectivity index (χ0n) is 9.80. The molecule has 0 amide bonds. The molecule has 0 bridgehead atoms. The topological polar surface area (TPSA) is 34.9 Å². The molecule has 0 aliphatic carbocycles. The Hall–Kier alpha value is -1.90. The van der Waals surface area contributed by atoms with Crippen LogP contribution in [0.1, 0.15) is 29.8 Å². The van der Waals surface area contributed by atoms with Crippen LogP contribution in [0.15, 0.2) is 37.1 Å². The number of hydrogen-bond donors (Lipinski definition) is 0. The van der Waals surface area contributed by atoms with E-state index in [1.165, 1.54) is 0 Å². The summed E-state index contributed by atoms with van der Waals surface area (Å²) in [6, 6.07) is 5.76. The van der Waals surface area contributed by atoms with E-state index in [-0.39, 0.29) is 0 Å². The number of carbonyl (C=O) groups excluding carboxylic acids is 1. The largest absolute Gasteiger partial charge is 0.323 e. The van der Waals surface area contributed by atoms with Crippen LogP contribution >= 0.6 is 0 Å². The molecule has 88 valence electrons. The third kappa shape index (κ3) is 2.44. The first-order valence-corrected chi connectivity index (χ1v) is 5.87. The van der Waals surface area contributed by atoms with Gasteiger partial charge in [0.2, 0.25) is 0 Å². The van der Waals surface area contributed by atoms with Gasteiger partial charge in [0.1, 0.15) is 5.65 Å². The number of pyridine rings is 1. The van der Waals surface area contributed by atoms with Crippen LogP contribution in [0, 0.1) is 0 Å². The van der Waals surface area contributed by atoms with Crippen molar-refractivity contribution in [2.75, 3.05) is 0 Å². The fourth-order valence-corrected chi connectivity index (χ4v) is 2.00. The Bertz CT molecular complexity index is 528. The first kappa shape index (κ1) is 11.6. The minimum absolute atomic E-state index is 0.706. The smallest absolute Gasteiger partial charge is 0.166 e. The predicted octanol–water partition coefficient (Wildman–Crippen LogP) is 3.21. The summed E-state index contributed by atoms with van der Waals surface area (Å²) in [5.41, 5.74) is 1.60. The van der Waals surface area contributed by atoms with Gasteiger partial charge in [-0.1, -0.05) is 6.08 Å². The number of allylic oxidation sites excluding steroid dienone is 1. The van der Waals surface area contributed by atoms with Gasteiger partial charge in [0, 0.05) is 18.1 Å². The van der Waals surface area contributed by atoms with Gasteiger partial charge in [0.25, 0.3) is 0 Å². The van der Waals surface area contributed by atoms with E-state index in [2.05, 4.69) is 11.6 Å². The molecule has 2 rings (SSSR count). The zero-order chi connectivity index (χ0) is 12.1. The predicted molar refractivity (Wildman–Crippen MR) is 69.2 cm³/mol. The Balaban J connectivity index is 2.24. The molecule has 3 heteroatoms. The van der Waals surface area contributed by atoms with Crippen molar-refractivity contribution in [1.29, 1.82) is 0 Å². The van der Waals surface area contributed by atoms with Crippen LogP contribution in [0.3, 0.4) is 0 Å². The lowest BCUT2D eigenvalue weighted by Gasteiger charge is -2.05. The van der Waals surface area contributed by atoms with Gasteiger partial charge in [-0.3, -0.25) is 4.79 Å². The van der Waals surface area contributed by atoms with Crippen molar-refractivity contribution in [3.05, 3.63) is 42.7 Å². The van der Waals surface area contributed by atoms with Gasteiger partial charge in [-0.15, -0.1) is 6.58 Å². The van der Waals surface area contributed by atoms with E-state index in [1.54, 1.807) is 6.20 Å². The highest BCUT2D eigenvalue weighted by atomic mass is 16.1.